The van der Waals surface area contributed by atoms with Crippen molar-refractivity contribution in [1.29, 1.82) is 0 Å². The Kier molecular flexibility index (Phi) is 5.21. The fourth-order valence-corrected chi connectivity index (χ4v) is 6.66. The van der Waals surface area contributed by atoms with E-state index < -0.39 is 0 Å². The standard InChI is InChI=1S/C23H21N3OS2/c1-15-13-28-18(29-15)12-24-22-20-19(16-8-4-2-5-9-16)21(17-10-6-3-7-11-17)27-23(20)26-14-25-22/h2-11,14-15,18H,12-13H2,1H3,(H,24,25,26). The van der Waals surface area contributed by atoms with Gasteiger partial charge in [0, 0.05) is 28.7 Å². The second kappa shape index (κ2) is 8.13. The zero-order chi connectivity index (χ0) is 19.6. The number of rotatable bonds is 5. The number of hydrogen-bond acceptors (Lipinski definition) is 6. The van der Waals surface area contributed by atoms with Crippen LogP contribution in [0, 0.1) is 0 Å². The highest BCUT2D eigenvalue weighted by atomic mass is 32.2. The Morgan fingerprint density at radius 3 is 2.41 bits per heavy atom. The van der Waals surface area contributed by atoms with Gasteiger partial charge >= 0.3 is 0 Å². The van der Waals surface area contributed by atoms with Gasteiger partial charge in [-0.3, -0.25) is 0 Å². The van der Waals surface area contributed by atoms with E-state index in [2.05, 4.69) is 46.5 Å². The molecule has 29 heavy (non-hydrogen) atoms. The van der Waals surface area contributed by atoms with Crippen molar-refractivity contribution in [2.75, 3.05) is 17.6 Å². The van der Waals surface area contributed by atoms with Gasteiger partial charge in [-0.2, -0.15) is 0 Å². The molecule has 1 fully saturated rings. The van der Waals surface area contributed by atoms with E-state index in [0.717, 1.165) is 40.2 Å². The summed E-state index contributed by atoms with van der Waals surface area (Å²) in [4.78, 5) is 9.02. The lowest BCUT2D eigenvalue weighted by molar-refractivity contribution is 0.618. The lowest BCUT2D eigenvalue weighted by atomic mass is 9.99. The summed E-state index contributed by atoms with van der Waals surface area (Å²) in [7, 11) is 0. The van der Waals surface area contributed by atoms with Crippen LogP contribution in [0.2, 0.25) is 0 Å². The molecule has 4 aromatic rings. The molecule has 5 rings (SSSR count). The van der Waals surface area contributed by atoms with Gasteiger partial charge in [0.1, 0.15) is 17.9 Å². The molecule has 2 aromatic heterocycles. The van der Waals surface area contributed by atoms with Crippen molar-refractivity contribution in [2.24, 2.45) is 0 Å². The number of nitrogens with one attached hydrogen (secondary N) is 1. The van der Waals surface area contributed by atoms with E-state index in [0.29, 0.717) is 15.5 Å². The third-order valence-corrected chi connectivity index (χ3v) is 8.21. The first-order valence-electron chi connectivity index (χ1n) is 9.69. The van der Waals surface area contributed by atoms with Crippen molar-refractivity contribution in [3.63, 3.8) is 0 Å². The first-order chi connectivity index (χ1) is 14.3. The number of hydrogen-bond donors (Lipinski definition) is 1. The minimum atomic E-state index is 0.538. The number of aromatic nitrogens is 2. The molecule has 1 aliphatic heterocycles. The number of fused-ring (bicyclic) bond motifs is 1. The van der Waals surface area contributed by atoms with E-state index >= 15 is 0 Å². The van der Waals surface area contributed by atoms with Gasteiger partial charge in [0.25, 0.3) is 0 Å². The maximum atomic E-state index is 6.27. The van der Waals surface area contributed by atoms with Gasteiger partial charge in [-0.15, -0.1) is 23.5 Å². The van der Waals surface area contributed by atoms with Crippen LogP contribution in [0.1, 0.15) is 6.92 Å². The zero-order valence-electron chi connectivity index (χ0n) is 16.0. The van der Waals surface area contributed by atoms with E-state index in [9.17, 15) is 0 Å². The first kappa shape index (κ1) is 18.6. The van der Waals surface area contributed by atoms with Crippen LogP contribution < -0.4 is 5.32 Å². The summed E-state index contributed by atoms with van der Waals surface area (Å²) in [5, 5.41) is 5.22. The molecule has 0 spiro atoms. The largest absolute Gasteiger partial charge is 0.437 e. The fraction of sp³-hybridized carbons (Fsp3) is 0.217. The summed E-state index contributed by atoms with van der Waals surface area (Å²) in [5.74, 6) is 2.86. The smallest absolute Gasteiger partial charge is 0.232 e. The minimum Gasteiger partial charge on any atom is -0.437 e. The van der Waals surface area contributed by atoms with Crippen LogP contribution in [-0.4, -0.2) is 32.1 Å². The molecule has 0 bridgehead atoms. The third kappa shape index (κ3) is 3.74. The third-order valence-electron chi connectivity index (χ3n) is 4.92. The summed E-state index contributed by atoms with van der Waals surface area (Å²) in [6, 6.07) is 20.5. The van der Waals surface area contributed by atoms with Crippen LogP contribution >= 0.6 is 23.5 Å². The van der Waals surface area contributed by atoms with Crippen molar-refractivity contribution in [2.45, 2.75) is 16.8 Å². The minimum absolute atomic E-state index is 0.538. The van der Waals surface area contributed by atoms with Crippen LogP contribution in [0.15, 0.2) is 71.4 Å². The number of furan rings is 1. The Balaban J connectivity index is 1.63. The monoisotopic (exact) mass is 419 g/mol. The van der Waals surface area contributed by atoms with Crippen molar-refractivity contribution < 1.29 is 4.42 Å². The number of nitrogens with zero attached hydrogens (tertiary/aromatic N) is 2. The zero-order valence-corrected chi connectivity index (χ0v) is 17.7. The molecule has 0 radical (unpaired) electrons. The molecule has 1 saturated heterocycles. The lowest BCUT2D eigenvalue weighted by Crippen LogP contribution is -2.12. The second-order valence-corrected chi connectivity index (χ2v) is 10.2. The van der Waals surface area contributed by atoms with Gasteiger partial charge < -0.3 is 9.73 Å². The van der Waals surface area contributed by atoms with Crippen LogP contribution in [0.3, 0.4) is 0 Å². The molecule has 0 aliphatic carbocycles. The van der Waals surface area contributed by atoms with Crippen LogP contribution in [0.25, 0.3) is 33.6 Å². The highest BCUT2D eigenvalue weighted by Gasteiger charge is 2.25. The Labute approximate surface area is 178 Å². The molecule has 0 amide bonds. The quantitative estimate of drug-likeness (QED) is 0.418. The Hall–Kier alpha value is -2.44. The normalized spacial score (nSPS) is 18.9. The SMILES string of the molecule is CC1CSC(CNc2ncnc3oc(-c4ccccc4)c(-c4ccccc4)c23)S1. The Morgan fingerprint density at radius 1 is 1.00 bits per heavy atom. The molecule has 2 unspecified atom stereocenters. The molecule has 146 valence electrons. The fourth-order valence-electron chi connectivity index (χ4n) is 3.61. The molecule has 0 saturated carbocycles. The van der Waals surface area contributed by atoms with Gasteiger partial charge in [0.15, 0.2) is 0 Å². The average Bonchev–Trinajstić information content (AvgIpc) is 3.37. The first-order valence-corrected chi connectivity index (χ1v) is 11.7. The maximum absolute atomic E-state index is 6.27. The second-order valence-electron chi connectivity index (χ2n) is 7.03. The van der Waals surface area contributed by atoms with Gasteiger partial charge in [-0.1, -0.05) is 67.6 Å². The van der Waals surface area contributed by atoms with Crippen molar-refractivity contribution >= 4 is 40.4 Å². The molecule has 1 N–H and O–H groups in total. The molecular weight excluding hydrogens is 398 g/mol. The van der Waals surface area contributed by atoms with Crippen LogP contribution in [0.5, 0.6) is 0 Å². The van der Waals surface area contributed by atoms with E-state index in [-0.39, 0.29) is 0 Å². The van der Waals surface area contributed by atoms with Crippen molar-refractivity contribution in [3.05, 3.63) is 67.0 Å². The average molecular weight is 420 g/mol. The highest BCUT2D eigenvalue weighted by Crippen LogP contribution is 2.43. The van der Waals surface area contributed by atoms with Gasteiger partial charge in [-0.05, 0) is 5.56 Å². The van der Waals surface area contributed by atoms with Gasteiger partial charge in [0.2, 0.25) is 5.71 Å². The predicted octanol–water partition coefficient (Wildman–Crippen LogP) is 6.16. The molecule has 6 heteroatoms. The van der Waals surface area contributed by atoms with E-state index in [1.165, 1.54) is 5.75 Å². The number of anilines is 1. The molecule has 1 aliphatic rings. The van der Waals surface area contributed by atoms with Gasteiger partial charge in [0.05, 0.1) is 9.97 Å². The van der Waals surface area contributed by atoms with E-state index in [4.69, 9.17) is 4.42 Å². The lowest BCUT2D eigenvalue weighted by Gasteiger charge is -2.12. The molecule has 4 nitrogen and oxygen atoms in total. The highest BCUT2D eigenvalue weighted by molar-refractivity contribution is 8.20. The van der Waals surface area contributed by atoms with Crippen LogP contribution in [-0.2, 0) is 0 Å². The number of thioether (sulfide) groups is 2. The van der Waals surface area contributed by atoms with E-state index in [1.807, 2.05) is 59.9 Å². The molecule has 2 atom stereocenters. The topological polar surface area (TPSA) is 51.0 Å². The van der Waals surface area contributed by atoms with Crippen molar-refractivity contribution in [1.82, 2.24) is 9.97 Å². The molecule has 3 heterocycles. The predicted molar refractivity (Wildman–Crippen MR) is 124 cm³/mol. The van der Waals surface area contributed by atoms with Crippen molar-refractivity contribution in [3.8, 4) is 22.5 Å². The van der Waals surface area contributed by atoms with Gasteiger partial charge in [-0.25, -0.2) is 9.97 Å². The molecular formula is C23H21N3OS2. The molecule has 2 aromatic carbocycles. The summed E-state index contributed by atoms with van der Waals surface area (Å²) in [5.41, 5.74) is 3.78. The van der Waals surface area contributed by atoms with Crippen LogP contribution in [0.4, 0.5) is 5.82 Å². The maximum Gasteiger partial charge on any atom is 0.232 e. The number of benzene rings is 2. The summed E-state index contributed by atoms with van der Waals surface area (Å²) >= 11 is 4.04. The Bertz CT molecular complexity index is 1120. The van der Waals surface area contributed by atoms with E-state index in [1.54, 1.807) is 6.33 Å². The Morgan fingerprint density at radius 2 is 1.72 bits per heavy atom. The summed E-state index contributed by atoms with van der Waals surface area (Å²) in [6.07, 6.45) is 1.58. The summed E-state index contributed by atoms with van der Waals surface area (Å²) < 4.78 is 6.81. The summed E-state index contributed by atoms with van der Waals surface area (Å²) in [6.45, 7) is 3.15.